The topological polar surface area (TPSA) is 96.5 Å². The Bertz CT molecular complexity index is 1530. The number of aromatic nitrogens is 1. The number of halogens is 1. The number of esters is 1. The van der Waals surface area contributed by atoms with E-state index in [1.165, 1.54) is 28.4 Å². The van der Waals surface area contributed by atoms with Crippen LogP contribution in [-0.2, 0) is 14.3 Å². The Hall–Kier alpha value is -3.24. The van der Waals surface area contributed by atoms with Crippen molar-refractivity contribution in [3.05, 3.63) is 80.0 Å². The molecule has 1 saturated heterocycles. The normalized spacial score (nSPS) is 30.8. The number of aromatic amines is 1. The number of carbonyl (C=O) groups is 3. The van der Waals surface area contributed by atoms with Crippen molar-refractivity contribution in [2.75, 3.05) is 11.5 Å². The summed E-state index contributed by atoms with van der Waals surface area (Å²) in [6, 6.07) is 12.8. The molecule has 0 spiro atoms. The lowest BCUT2D eigenvalue weighted by Crippen LogP contribution is -2.42. The highest BCUT2D eigenvalue weighted by atomic mass is 32.2. The Balaban J connectivity index is 1.25. The molecule has 2 aliphatic carbocycles. The van der Waals surface area contributed by atoms with Crippen molar-refractivity contribution >= 4 is 46.6 Å². The van der Waals surface area contributed by atoms with Crippen molar-refractivity contribution in [2.24, 2.45) is 29.6 Å². The predicted octanol–water partition coefficient (Wildman–Crippen LogP) is 4.43. The van der Waals surface area contributed by atoms with Gasteiger partial charge < -0.3 is 9.72 Å². The highest BCUT2D eigenvalue weighted by Gasteiger charge is 2.69. The number of rotatable bonds is 4. The van der Waals surface area contributed by atoms with Gasteiger partial charge in [-0.15, -0.1) is 11.8 Å². The number of benzene rings is 2. The van der Waals surface area contributed by atoms with Crippen LogP contribution in [0.15, 0.2) is 58.4 Å². The van der Waals surface area contributed by atoms with E-state index in [-0.39, 0.29) is 58.0 Å². The van der Waals surface area contributed by atoms with E-state index in [4.69, 9.17) is 4.74 Å². The number of amides is 2. The van der Waals surface area contributed by atoms with Crippen LogP contribution in [0.1, 0.15) is 40.1 Å². The first-order valence-electron chi connectivity index (χ1n) is 12.7. The summed E-state index contributed by atoms with van der Waals surface area (Å²) in [5.41, 5.74) is 1.74. The summed E-state index contributed by atoms with van der Waals surface area (Å²) in [6.45, 7) is 1.99. The number of hydrogen-bond donors (Lipinski definition) is 1. The largest absolute Gasteiger partial charge is 0.462 e. The van der Waals surface area contributed by atoms with Gasteiger partial charge in [0.15, 0.2) is 0 Å². The number of carbonyl (C=O) groups excluding carboxylic acids is 3. The number of anilines is 1. The minimum atomic E-state index is -0.452. The highest BCUT2D eigenvalue weighted by molar-refractivity contribution is 8.00. The molecule has 2 aromatic carbocycles. The molecule has 7 rings (SSSR count). The molecular weight excluding hydrogens is 527 g/mol. The summed E-state index contributed by atoms with van der Waals surface area (Å²) in [4.78, 5) is 57.0. The summed E-state index contributed by atoms with van der Waals surface area (Å²) in [5.74, 6) is -2.13. The Morgan fingerprint density at radius 2 is 1.71 bits per heavy atom. The minimum Gasteiger partial charge on any atom is -0.462 e. The van der Waals surface area contributed by atoms with Gasteiger partial charge in [0.05, 0.1) is 34.7 Å². The number of fused-ring (bicyclic) bond motifs is 9. The smallest absolute Gasteiger partial charge is 0.338 e. The first kappa shape index (κ1) is 23.8. The quantitative estimate of drug-likeness (QED) is 0.382. The van der Waals surface area contributed by atoms with Crippen LogP contribution in [0.4, 0.5) is 10.1 Å². The number of imide groups is 1. The van der Waals surface area contributed by atoms with Crippen molar-refractivity contribution < 1.29 is 23.5 Å². The Morgan fingerprint density at radius 3 is 2.39 bits per heavy atom. The third-order valence-electron chi connectivity index (χ3n) is 8.59. The standard InChI is InChI=1S/C28H23FN2O5S2/c1-2-36-27(34)13-5-9-15(10-6-13)31-25(32)20-16-11-17(21(20)26(31)33)22-19(16)18(12-3-7-14(29)8-4-12)23-24(37-22)30-28(35)38-23/h3-10,16-22H,2,11H2,1H3,(H,30,35)/t16?,17?,18-,19?,20?,21?,22?/m1/s1. The molecule has 3 aromatic rings. The van der Waals surface area contributed by atoms with Gasteiger partial charge in [0.25, 0.3) is 0 Å². The average molecular weight is 551 g/mol. The van der Waals surface area contributed by atoms with Crippen LogP contribution in [0.25, 0.3) is 0 Å². The number of ether oxygens (including phenoxy) is 1. The molecule has 2 saturated carbocycles. The summed E-state index contributed by atoms with van der Waals surface area (Å²) < 4.78 is 18.8. The Morgan fingerprint density at radius 1 is 1.03 bits per heavy atom. The number of thioether (sulfide) groups is 1. The fourth-order valence-electron chi connectivity index (χ4n) is 7.28. The lowest BCUT2D eigenvalue weighted by molar-refractivity contribution is -0.123. The minimum absolute atomic E-state index is 0.000226. The lowest BCUT2D eigenvalue weighted by atomic mass is 9.68. The zero-order valence-electron chi connectivity index (χ0n) is 20.3. The van der Waals surface area contributed by atoms with E-state index in [1.54, 1.807) is 55.1 Å². The zero-order valence-corrected chi connectivity index (χ0v) is 21.9. The van der Waals surface area contributed by atoms with Crippen molar-refractivity contribution in [3.63, 3.8) is 0 Å². The Kier molecular flexibility index (Phi) is 5.42. The second kappa shape index (κ2) is 8.64. The number of hydrogen-bond acceptors (Lipinski definition) is 7. The summed E-state index contributed by atoms with van der Waals surface area (Å²) in [7, 11) is 0. The van der Waals surface area contributed by atoms with Crippen LogP contribution in [-0.4, -0.2) is 34.6 Å². The maximum atomic E-state index is 13.8. The van der Waals surface area contributed by atoms with E-state index in [0.29, 0.717) is 11.3 Å². The second-order valence-electron chi connectivity index (χ2n) is 10.3. The summed E-state index contributed by atoms with van der Waals surface area (Å²) in [6.07, 6.45) is 0.779. The van der Waals surface area contributed by atoms with Crippen molar-refractivity contribution in [2.45, 2.75) is 29.5 Å². The predicted molar refractivity (Wildman–Crippen MR) is 140 cm³/mol. The van der Waals surface area contributed by atoms with Gasteiger partial charge in [0, 0.05) is 16.0 Å². The van der Waals surface area contributed by atoms with Crippen LogP contribution in [0.5, 0.6) is 0 Å². The molecule has 0 radical (unpaired) electrons. The molecule has 7 atom stereocenters. The summed E-state index contributed by atoms with van der Waals surface area (Å²) >= 11 is 2.80. The van der Waals surface area contributed by atoms with Gasteiger partial charge in [0.2, 0.25) is 11.8 Å². The van der Waals surface area contributed by atoms with Gasteiger partial charge >= 0.3 is 10.8 Å². The zero-order chi connectivity index (χ0) is 26.3. The lowest BCUT2D eigenvalue weighted by Gasteiger charge is -2.43. The maximum Gasteiger partial charge on any atom is 0.338 e. The molecule has 194 valence electrons. The highest BCUT2D eigenvalue weighted by Crippen LogP contribution is 2.68. The van der Waals surface area contributed by atoms with Crippen molar-refractivity contribution in [3.8, 4) is 0 Å². The van der Waals surface area contributed by atoms with Gasteiger partial charge in [-0.3, -0.25) is 19.3 Å². The number of H-pyrrole nitrogens is 1. The average Bonchev–Trinajstić information content (AvgIpc) is 3.64. The van der Waals surface area contributed by atoms with E-state index in [9.17, 15) is 23.6 Å². The first-order chi connectivity index (χ1) is 18.4. The second-order valence-corrected chi connectivity index (χ2v) is 12.5. The van der Waals surface area contributed by atoms with Crippen molar-refractivity contribution in [1.82, 2.24) is 4.98 Å². The molecule has 6 unspecified atom stereocenters. The van der Waals surface area contributed by atoms with Crippen LogP contribution in [0.2, 0.25) is 0 Å². The van der Waals surface area contributed by atoms with E-state index < -0.39 is 17.8 Å². The third-order valence-corrected chi connectivity index (χ3v) is 11.2. The van der Waals surface area contributed by atoms with E-state index in [2.05, 4.69) is 4.98 Å². The van der Waals surface area contributed by atoms with Crippen LogP contribution < -0.4 is 9.77 Å². The van der Waals surface area contributed by atoms with Gasteiger partial charge in [-0.25, -0.2) is 9.18 Å². The SMILES string of the molecule is CCOC(=O)c1ccc(N2C(=O)C3C4CC(C3C2=O)C2C4Sc3[nH]c(=O)sc3[C@@H]2c2ccc(F)cc2)cc1. The molecule has 38 heavy (non-hydrogen) atoms. The van der Waals surface area contributed by atoms with Gasteiger partial charge in [-0.2, -0.15) is 0 Å². The number of nitrogens with zero attached hydrogens (tertiary/aromatic N) is 1. The third kappa shape index (κ3) is 3.32. The number of thiazole rings is 1. The first-order valence-corrected chi connectivity index (χ1v) is 14.4. The van der Waals surface area contributed by atoms with Crippen LogP contribution >= 0.6 is 23.1 Å². The van der Waals surface area contributed by atoms with Crippen LogP contribution in [0.3, 0.4) is 0 Å². The van der Waals surface area contributed by atoms with E-state index >= 15 is 0 Å². The molecule has 4 aliphatic rings. The molecule has 10 heteroatoms. The maximum absolute atomic E-state index is 13.8. The van der Waals surface area contributed by atoms with Gasteiger partial charge in [-0.1, -0.05) is 23.5 Å². The molecule has 7 nitrogen and oxygen atoms in total. The number of nitrogens with one attached hydrogen (secondary N) is 1. The monoisotopic (exact) mass is 550 g/mol. The van der Waals surface area contributed by atoms with Crippen molar-refractivity contribution in [1.29, 1.82) is 0 Å². The molecule has 2 bridgehead atoms. The van der Waals surface area contributed by atoms with Gasteiger partial charge in [0.1, 0.15) is 5.82 Å². The fourth-order valence-corrected chi connectivity index (χ4v) is 10.2. The molecule has 3 fully saturated rings. The van der Waals surface area contributed by atoms with E-state index in [0.717, 1.165) is 21.9 Å². The van der Waals surface area contributed by atoms with Crippen LogP contribution in [0, 0.1) is 35.4 Å². The molecule has 1 N–H and O–H groups in total. The Labute approximate surface area is 225 Å². The molecule has 2 amide bonds. The molecular formula is C28H23FN2O5S2. The molecule has 3 heterocycles. The van der Waals surface area contributed by atoms with Gasteiger partial charge in [-0.05, 0) is 73.1 Å². The molecule has 1 aromatic heterocycles. The van der Waals surface area contributed by atoms with E-state index in [1.807, 2.05) is 0 Å². The molecule has 2 aliphatic heterocycles. The summed E-state index contributed by atoms with van der Waals surface area (Å²) in [5, 5.41) is 0.889. The fraction of sp³-hybridized carbons (Fsp3) is 0.357.